The minimum Gasteiger partial charge on any atom is -0.304 e. The van der Waals surface area contributed by atoms with Crippen molar-refractivity contribution in [3.05, 3.63) is 42.5 Å². The molecule has 1 aliphatic rings. The Kier molecular flexibility index (Phi) is 4.15. The third kappa shape index (κ3) is 2.63. The lowest BCUT2D eigenvalue weighted by Crippen LogP contribution is -2.29. The molecule has 1 aromatic rings. The second-order valence-corrected chi connectivity index (χ2v) is 2.92. The van der Waals surface area contributed by atoms with Gasteiger partial charge in [-0.1, -0.05) is 18.2 Å². The average molecular weight is 217 g/mol. The number of anilines is 1. The van der Waals surface area contributed by atoms with E-state index >= 15 is 0 Å². The van der Waals surface area contributed by atoms with Crippen molar-refractivity contribution < 1.29 is 14.4 Å². The molecular weight excluding hydrogens is 206 g/mol. The Bertz CT molecular complexity index is 405. The summed E-state index contributed by atoms with van der Waals surface area (Å²) in [6, 6.07) is 8.86. The Morgan fingerprint density at radius 3 is 1.88 bits per heavy atom. The van der Waals surface area contributed by atoms with Gasteiger partial charge in [-0.15, -0.1) is 0 Å². The third-order valence-electron chi connectivity index (χ3n) is 1.82. The van der Waals surface area contributed by atoms with Crippen molar-refractivity contribution in [2.45, 2.75) is 6.92 Å². The number of hydrogen-bond acceptors (Lipinski definition) is 3. The number of rotatable bonds is 1. The first-order chi connectivity index (χ1) is 7.70. The lowest BCUT2D eigenvalue weighted by atomic mass is 10.3. The molecule has 0 radical (unpaired) electrons. The van der Waals surface area contributed by atoms with Crippen LogP contribution in [-0.2, 0) is 14.4 Å². The van der Waals surface area contributed by atoms with Crippen molar-refractivity contribution >= 4 is 23.8 Å². The number of benzene rings is 1. The van der Waals surface area contributed by atoms with Gasteiger partial charge < -0.3 is 4.79 Å². The average Bonchev–Trinajstić information content (AvgIpc) is 2.61. The van der Waals surface area contributed by atoms with Crippen LogP contribution in [0.25, 0.3) is 0 Å². The van der Waals surface area contributed by atoms with Gasteiger partial charge in [-0.3, -0.25) is 9.59 Å². The Hall–Kier alpha value is -2.23. The summed E-state index contributed by atoms with van der Waals surface area (Å²) in [6.07, 6.45) is 3.30. The largest absolute Gasteiger partial charge is 0.304 e. The van der Waals surface area contributed by atoms with Crippen LogP contribution >= 0.6 is 0 Å². The maximum atomic E-state index is 11.2. The van der Waals surface area contributed by atoms with Crippen molar-refractivity contribution in [2.75, 3.05) is 4.90 Å². The third-order valence-corrected chi connectivity index (χ3v) is 1.82. The molecule has 0 spiro atoms. The van der Waals surface area contributed by atoms with Crippen LogP contribution in [0.2, 0.25) is 0 Å². The van der Waals surface area contributed by atoms with Gasteiger partial charge in [-0.05, 0) is 19.1 Å². The fourth-order valence-electron chi connectivity index (χ4n) is 1.23. The van der Waals surface area contributed by atoms with Crippen LogP contribution < -0.4 is 4.90 Å². The van der Waals surface area contributed by atoms with Gasteiger partial charge in [0.25, 0.3) is 11.8 Å². The molecule has 0 aliphatic carbocycles. The van der Waals surface area contributed by atoms with E-state index in [1.165, 1.54) is 19.1 Å². The molecule has 82 valence electrons. The highest BCUT2D eigenvalue weighted by Gasteiger charge is 2.24. The molecule has 0 saturated heterocycles. The van der Waals surface area contributed by atoms with E-state index in [0.29, 0.717) is 5.69 Å². The van der Waals surface area contributed by atoms with Crippen molar-refractivity contribution in [2.24, 2.45) is 0 Å². The molecule has 2 amide bonds. The topological polar surface area (TPSA) is 54.5 Å². The normalized spacial score (nSPS) is 13.4. The number of hydrogen-bond donors (Lipinski definition) is 0. The Morgan fingerprint density at radius 2 is 1.44 bits per heavy atom. The van der Waals surface area contributed by atoms with Gasteiger partial charge in [-0.25, -0.2) is 4.90 Å². The molecule has 0 saturated carbocycles. The number of carbonyl (C=O) groups excluding carboxylic acids is 3. The van der Waals surface area contributed by atoms with Gasteiger partial charge in [0.2, 0.25) is 0 Å². The van der Waals surface area contributed by atoms with E-state index in [1.807, 2.05) is 6.07 Å². The van der Waals surface area contributed by atoms with Gasteiger partial charge in [0.1, 0.15) is 6.29 Å². The molecule has 0 N–H and O–H groups in total. The molecule has 16 heavy (non-hydrogen) atoms. The quantitative estimate of drug-likeness (QED) is 0.526. The first-order valence-electron chi connectivity index (χ1n) is 4.71. The highest BCUT2D eigenvalue weighted by molar-refractivity contribution is 6.28. The molecule has 0 bridgehead atoms. The summed E-state index contributed by atoms with van der Waals surface area (Å²) in [4.78, 5) is 32.4. The smallest absolute Gasteiger partial charge is 0.258 e. The van der Waals surface area contributed by atoms with Crippen LogP contribution in [-0.4, -0.2) is 18.1 Å². The Labute approximate surface area is 93.2 Å². The van der Waals surface area contributed by atoms with Crippen LogP contribution in [0.5, 0.6) is 0 Å². The van der Waals surface area contributed by atoms with E-state index in [-0.39, 0.29) is 11.8 Å². The van der Waals surface area contributed by atoms with Crippen LogP contribution in [0, 0.1) is 0 Å². The lowest BCUT2D eigenvalue weighted by Gasteiger charge is -2.12. The van der Waals surface area contributed by atoms with Gasteiger partial charge in [0.05, 0.1) is 5.69 Å². The lowest BCUT2D eigenvalue weighted by molar-refractivity contribution is -0.120. The molecule has 2 rings (SSSR count). The molecular formula is C12H11NO3. The van der Waals surface area contributed by atoms with Crippen molar-refractivity contribution in [3.63, 3.8) is 0 Å². The zero-order valence-corrected chi connectivity index (χ0v) is 8.79. The van der Waals surface area contributed by atoms with E-state index in [2.05, 4.69) is 0 Å². The van der Waals surface area contributed by atoms with Crippen molar-refractivity contribution in [1.82, 2.24) is 0 Å². The number of amides is 2. The van der Waals surface area contributed by atoms with Gasteiger partial charge in [0, 0.05) is 12.2 Å². The molecule has 4 nitrogen and oxygen atoms in total. The van der Waals surface area contributed by atoms with Gasteiger partial charge in [-0.2, -0.15) is 0 Å². The fourth-order valence-corrected chi connectivity index (χ4v) is 1.23. The number of para-hydroxylation sites is 1. The number of nitrogens with zero attached hydrogens (tertiary/aromatic N) is 1. The summed E-state index contributed by atoms with van der Waals surface area (Å²) in [5, 5.41) is 0. The summed E-state index contributed by atoms with van der Waals surface area (Å²) in [6.45, 7) is 1.44. The first-order valence-corrected chi connectivity index (χ1v) is 4.71. The summed E-state index contributed by atoms with van der Waals surface area (Å²) < 4.78 is 0. The summed E-state index contributed by atoms with van der Waals surface area (Å²) in [7, 11) is 0. The SMILES string of the molecule is CC=O.O=C1C=CC(=O)N1c1ccccc1. The van der Waals surface area contributed by atoms with E-state index < -0.39 is 0 Å². The van der Waals surface area contributed by atoms with Crippen molar-refractivity contribution in [3.8, 4) is 0 Å². The van der Waals surface area contributed by atoms with Crippen LogP contribution in [0.1, 0.15) is 6.92 Å². The van der Waals surface area contributed by atoms with Gasteiger partial charge in [0.15, 0.2) is 0 Å². The van der Waals surface area contributed by atoms with Gasteiger partial charge >= 0.3 is 0 Å². The van der Waals surface area contributed by atoms with E-state index in [0.717, 1.165) is 11.2 Å². The molecule has 4 heteroatoms. The maximum absolute atomic E-state index is 11.2. The Morgan fingerprint density at radius 1 is 1.00 bits per heavy atom. The van der Waals surface area contributed by atoms with Crippen LogP contribution in [0.15, 0.2) is 42.5 Å². The maximum Gasteiger partial charge on any atom is 0.258 e. The number of carbonyl (C=O) groups is 3. The highest BCUT2D eigenvalue weighted by Crippen LogP contribution is 2.17. The Balaban J connectivity index is 0.000000386. The standard InChI is InChI=1S/C10H7NO2.C2H4O/c12-9-6-7-10(13)11(9)8-4-2-1-3-5-8;1-2-3/h1-7H;2H,1H3. The van der Waals surface area contributed by atoms with Crippen molar-refractivity contribution in [1.29, 1.82) is 0 Å². The number of imide groups is 1. The minimum absolute atomic E-state index is 0.281. The monoisotopic (exact) mass is 217 g/mol. The second-order valence-electron chi connectivity index (χ2n) is 2.92. The zero-order valence-electron chi connectivity index (χ0n) is 8.79. The predicted molar refractivity (Wildman–Crippen MR) is 59.8 cm³/mol. The van der Waals surface area contributed by atoms with E-state index in [9.17, 15) is 9.59 Å². The molecule has 1 heterocycles. The molecule has 0 atom stereocenters. The molecule has 1 aliphatic heterocycles. The van der Waals surface area contributed by atoms with Crippen LogP contribution in [0.4, 0.5) is 5.69 Å². The summed E-state index contributed by atoms with van der Waals surface area (Å²) in [5.41, 5.74) is 0.613. The molecule has 0 fully saturated rings. The second kappa shape index (κ2) is 5.60. The van der Waals surface area contributed by atoms with E-state index in [1.54, 1.807) is 24.3 Å². The van der Waals surface area contributed by atoms with E-state index in [4.69, 9.17) is 4.79 Å². The predicted octanol–water partition coefficient (Wildman–Crippen LogP) is 1.32. The fraction of sp³-hybridized carbons (Fsp3) is 0.0833. The molecule has 1 aromatic carbocycles. The van der Waals surface area contributed by atoms with Crippen LogP contribution in [0.3, 0.4) is 0 Å². The summed E-state index contributed by atoms with van der Waals surface area (Å²) >= 11 is 0. The zero-order chi connectivity index (χ0) is 12.0. The highest BCUT2D eigenvalue weighted by atomic mass is 16.2. The first kappa shape index (κ1) is 11.8. The number of aldehydes is 1. The minimum atomic E-state index is -0.281. The summed E-state index contributed by atoms with van der Waals surface area (Å²) in [5.74, 6) is -0.563. The molecule has 0 aromatic heterocycles. The molecule has 0 unspecified atom stereocenters.